The summed E-state index contributed by atoms with van der Waals surface area (Å²) in [7, 11) is 3.81. The standard InChI is InChI=1S/C13H19NO2S/c1-11(9-16-3)14(2)8-13-7-12(10-17-13)5-4-6-15/h7,10-11,15H,6,8-9H2,1-3H3. The van der Waals surface area contributed by atoms with E-state index >= 15 is 0 Å². The lowest BCUT2D eigenvalue weighted by Crippen LogP contribution is -2.31. The van der Waals surface area contributed by atoms with E-state index in [-0.39, 0.29) is 6.61 Å². The van der Waals surface area contributed by atoms with Gasteiger partial charge in [0.15, 0.2) is 0 Å². The minimum atomic E-state index is -0.0873. The van der Waals surface area contributed by atoms with Gasteiger partial charge in [0, 0.05) is 35.5 Å². The molecule has 0 saturated heterocycles. The van der Waals surface area contributed by atoms with Crippen molar-refractivity contribution in [3.05, 3.63) is 21.9 Å². The summed E-state index contributed by atoms with van der Waals surface area (Å²) in [6.07, 6.45) is 0. The Kier molecular flexibility index (Phi) is 6.23. The molecule has 4 heteroatoms. The number of aliphatic hydroxyl groups is 1. The van der Waals surface area contributed by atoms with Gasteiger partial charge in [-0.2, -0.15) is 0 Å². The molecule has 0 aliphatic rings. The average Bonchev–Trinajstić information content (AvgIpc) is 2.74. The number of rotatable bonds is 5. The molecule has 0 bridgehead atoms. The molecule has 0 aromatic carbocycles. The van der Waals surface area contributed by atoms with Crippen molar-refractivity contribution in [3.8, 4) is 11.8 Å². The number of hydrogen-bond acceptors (Lipinski definition) is 4. The molecule has 0 saturated carbocycles. The van der Waals surface area contributed by atoms with Crippen LogP contribution in [0.5, 0.6) is 0 Å². The predicted molar refractivity (Wildman–Crippen MR) is 71.1 cm³/mol. The minimum absolute atomic E-state index is 0.0873. The zero-order chi connectivity index (χ0) is 12.7. The van der Waals surface area contributed by atoms with Crippen molar-refractivity contribution < 1.29 is 9.84 Å². The molecule has 0 fully saturated rings. The van der Waals surface area contributed by atoms with Gasteiger partial charge in [-0.15, -0.1) is 11.3 Å². The van der Waals surface area contributed by atoms with E-state index < -0.39 is 0 Å². The fourth-order valence-electron chi connectivity index (χ4n) is 1.44. The molecule has 0 spiro atoms. The second-order valence-corrected chi connectivity index (χ2v) is 4.98. The van der Waals surface area contributed by atoms with E-state index in [9.17, 15) is 0 Å². The van der Waals surface area contributed by atoms with Crippen LogP contribution in [0.1, 0.15) is 17.4 Å². The number of aliphatic hydroxyl groups excluding tert-OH is 1. The second-order valence-electron chi connectivity index (χ2n) is 3.98. The molecule has 3 nitrogen and oxygen atoms in total. The Morgan fingerprint density at radius 3 is 3.00 bits per heavy atom. The summed E-state index contributed by atoms with van der Waals surface area (Å²) in [6.45, 7) is 3.69. The Bertz CT molecular complexity index is 392. The number of methoxy groups -OCH3 is 1. The highest BCUT2D eigenvalue weighted by Crippen LogP contribution is 2.16. The summed E-state index contributed by atoms with van der Waals surface area (Å²) in [4.78, 5) is 3.52. The Balaban J connectivity index is 2.54. The highest BCUT2D eigenvalue weighted by molar-refractivity contribution is 7.10. The lowest BCUT2D eigenvalue weighted by molar-refractivity contribution is 0.112. The summed E-state index contributed by atoms with van der Waals surface area (Å²) in [6, 6.07) is 2.47. The first kappa shape index (κ1) is 14.2. The van der Waals surface area contributed by atoms with Crippen LogP contribution in [0.3, 0.4) is 0 Å². The number of thiophene rings is 1. The molecular formula is C13H19NO2S. The first-order valence-electron chi connectivity index (χ1n) is 5.53. The zero-order valence-electron chi connectivity index (χ0n) is 10.6. The van der Waals surface area contributed by atoms with Crippen LogP contribution in [0.4, 0.5) is 0 Å². The van der Waals surface area contributed by atoms with Crippen molar-refractivity contribution in [3.63, 3.8) is 0 Å². The van der Waals surface area contributed by atoms with Gasteiger partial charge in [0.2, 0.25) is 0 Å². The van der Waals surface area contributed by atoms with Gasteiger partial charge in [0.05, 0.1) is 6.61 Å². The number of ether oxygens (including phenoxy) is 1. The fourth-order valence-corrected chi connectivity index (χ4v) is 2.32. The molecule has 0 aliphatic heterocycles. The molecule has 1 rings (SSSR count). The van der Waals surface area contributed by atoms with Gasteiger partial charge < -0.3 is 9.84 Å². The van der Waals surface area contributed by atoms with Crippen LogP contribution in [0.15, 0.2) is 11.4 Å². The van der Waals surface area contributed by atoms with Crippen molar-refractivity contribution >= 4 is 11.3 Å². The lowest BCUT2D eigenvalue weighted by atomic mass is 10.2. The summed E-state index contributed by atoms with van der Waals surface area (Å²) in [5.74, 6) is 5.56. The Morgan fingerprint density at radius 1 is 1.59 bits per heavy atom. The van der Waals surface area contributed by atoms with Crippen molar-refractivity contribution in [1.82, 2.24) is 4.90 Å². The molecule has 0 radical (unpaired) electrons. The molecule has 17 heavy (non-hydrogen) atoms. The molecule has 1 N–H and O–H groups in total. The van der Waals surface area contributed by atoms with Crippen LogP contribution < -0.4 is 0 Å². The third-order valence-electron chi connectivity index (χ3n) is 2.53. The third-order valence-corrected chi connectivity index (χ3v) is 3.45. The largest absolute Gasteiger partial charge is 0.384 e. The molecule has 0 amide bonds. The Labute approximate surface area is 107 Å². The van der Waals surface area contributed by atoms with Gasteiger partial charge >= 0.3 is 0 Å². The number of nitrogens with zero attached hydrogens (tertiary/aromatic N) is 1. The topological polar surface area (TPSA) is 32.7 Å². The van der Waals surface area contributed by atoms with Crippen LogP contribution >= 0.6 is 11.3 Å². The number of hydrogen-bond donors (Lipinski definition) is 1. The van der Waals surface area contributed by atoms with Gasteiger partial charge in [0.25, 0.3) is 0 Å². The van der Waals surface area contributed by atoms with E-state index in [4.69, 9.17) is 9.84 Å². The predicted octanol–water partition coefficient (Wildman–Crippen LogP) is 1.56. The van der Waals surface area contributed by atoms with Crippen LogP contribution in [0.25, 0.3) is 0 Å². The normalized spacial score (nSPS) is 12.3. The van der Waals surface area contributed by atoms with Crippen molar-refractivity contribution in [2.45, 2.75) is 19.5 Å². The molecule has 1 atom stereocenters. The Hall–Kier alpha value is -0.860. The Morgan fingerprint density at radius 2 is 2.35 bits per heavy atom. The van der Waals surface area contributed by atoms with Gasteiger partial charge in [-0.1, -0.05) is 11.8 Å². The molecular weight excluding hydrogens is 234 g/mol. The lowest BCUT2D eigenvalue weighted by Gasteiger charge is -2.23. The van der Waals surface area contributed by atoms with Crippen molar-refractivity contribution in [2.75, 3.05) is 27.4 Å². The second kappa shape index (κ2) is 7.46. The van der Waals surface area contributed by atoms with Crippen LogP contribution in [-0.2, 0) is 11.3 Å². The van der Waals surface area contributed by atoms with E-state index in [1.54, 1.807) is 18.4 Å². The van der Waals surface area contributed by atoms with Gasteiger partial charge in [-0.05, 0) is 20.0 Å². The molecule has 1 heterocycles. The minimum Gasteiger partial charge on any atom is -0.384 e. The summed E-state index contributed by atoms with van der Waals surface area (Å²) >= 11 is 1.70. The van der Waals surface area contributed by atoms with E-state index in [1.807, 2.05) is 5.38 Å². The van der Waals surface area contributed by atoms with Crippen LogP contribution in [0, 0.1) is 11.8 Å². The molecule has 1 aromatic rings. The summed E-state index contributed by atoms with van der Waals surface area (Å²) in [5, 5.41) is 10.6. The highest BCUT2D eigenvalue weighted by Gasteiger charge is 2.10. The fraction of sp³-hybridized carbons (Fsp3) is 0.538. The highest BCUT2D eigenvalue weighted by atomic mass is 32.1. The SMILES string of the molecule is COCC(C)N(C)Cc1cc(C#CCO)cs1. The first-order valence-corrected chi connectivity index (χ1v) is 6.41. The molecule has 94 valence electrons. The van der Waals surface area contributed by atoms with Gasteiger partial charge in [0.1, 0.15) is 6.61 Å². The van der Waals surface area contributed by atoms with Gasteiger partial charge in [-0.25, -0.2) is 0 Å². The smallest absolute Gasteiger partial charge is 0.104 e. The molecule has 0 aliphatic carbocycles. The molecule has 1 aromatic heterocycles. The first-order chi connectivity index (χ1) is 8.17. The maximum Gasteiger partial charge on any atom is 0.104 e. The van der Waals surface area contributed by atoms with E-state index in [2.05, 4.69) is 36.8 Å². The summed E-state index contributed by atoms with van der Waals surface area (Å²) < 4.78 is 5.13. The van der Waals surface area contributed by atoms with E-state index in [1.165, 1.54) is 4.88 Å². The third kappa shape index (κ3) is 4.88. The quantitative estimate of drug-likeness (QED) is 0.808. The van der Waals surface area contributed by atoms with Gasteiger partial charge in [-0.3, -0.25) is 4.90 Å². The van der Waals surface area contributed by atoms with E-state index in [0.29, 0.717) is 6.04 Å². The van der Waals surface area contributed by atoms with Crippen molar-refractivity contribution in [2.24, 2.45) is 0 Å². The van der Waals surface area contributed by atoms with Crippen LogP contribution in [-0.4, -0.2) is 43.4 Å². The monoisotopic (exact) mass is 253 g/mol. The maximum atomic E-state index is 8.62. The van der Waals surface area contributed by atoms with E-state index in [0.717, 1.165) is 18.7 Å². The number of likely N-dealkylation sites (N-methyl/N-ethyl adjacent to an activating group) is 1. The maximum absolute atomic E-state index is 8.62. The van der Waals surface area contributed by atoms with Crippen LogP contribution in [0.2, 0.25) is 0 Å². The average molecular weight is 253 g/mol. The zero-order valence-corrected chi connectivity index (χ0v) is 11.4. The molecule has 1 unspecified atom stereocenters. The van der Waals surface area contributed by atoms with Crippen molar-refractivity contribution in [1.29, 1.82) is 0 Å². The summed E-state index contributed by atoms with van der Waals surface area (Å²) in [5.41, 5.74) is 0.979.